The highest BCUT2D eigenvalue weighted by molar-refractivity contribution is 6.31. The van der Waals surface area contributed by atoms with Crippen LogP contribution in [-0.4, -0.2) is 36.0 Å². The molecule has 35 heavy (non-hydrogen) atoms. The lowest BCUT2D eigenvalue weighted by atomic mass is 10.0. The largest absolute Gasteiger partial charge is 0.490 e. The summed E-state index contributed by atoms with van der Waals surface area (Å²) < 4.78 is 11.0. The normalized spacial score (nSPS) is 10.7. The molecule has 5 N–H and O–H groups in total. The Morgan fingerprint density at radius 1 is 1.06 bits per heavy atom. The molecule has 0 aromatic heterocycles. The zero-order valence-electron chi connectivity index (χ0n) is 18.9. The number of nitrogen functional groups attached to an aromatic ring is 1. The molecule has 0 heterocycles. The van der Waals surface area contributed by atoms with Crippen molar-refractivity contribution in [3.05, 3.63) is 87.9 Å². The summed E-state index contributed by atoms with van der Waals surface area (Å²) in [6, 6.07) is 16.7. The molecule has 0 fully saturated rings. The number of amidine groups is 1. The summed E-state index contributed by atoms with van der Waals surface area (Å²) in [5.74, 6) is -0.852. The van der Waals surface area contributed by atoms with Crippen LogP contribution in [0.3, 0.4) is 0 Å². The Bertz CT molecular complexity index is 1270. The molecule has 9 heteroatoms. The third kappa shape index (κ3) is 6.84. The maximum atomic E-state index is 13.0. The van der Waals surface area contributed by atoms with E-state index in [-0.39, 0.29) is 11.7 Å². The molecule has 1 amide bonds. The second-order valence-corrected chi connectivity index (χ2v) is 7.74. The molecule has 180 valence electrons. The van der Waals surface area contributed by atoms with E-state index < -0.39 is 12.6 Å². The van der Waals surface area contributed by atoms with E-state index in [2.05, 4.69) is 5.32 Å². The number of carboxylic acid groups (broad SMARTS) is 1. The van der Waals surface area contributed by atoms with Gasteiger partial charge in [0, 0.05) is 27.4 Å². The van der Waals surface area contributed by atoms with Crippen LogP contribution in [0.4, 0.5) is 5.69 Å². The fourth-order valence-corrected chi connectivity index (χ4v) is 3.38. The molecular formula is C26H24ClN3O5. The minimum atomic E-state index is -1.11. The zero-order chi connectivity index (χ0) is 25.4. The summed E-state index contributed by atoms with van der Waals surface area (Å²) in [4.78, 5) is 24.0. The van der Waals surface area contributed by atoms with Gasteiger partial charge in [-0.15, -0.1) is 0 Å². The number of benzene rings is 3. The van der Waals surface area contributed by atoms with E-state index in [0.717, 1.165) is 0 Å². The monoisotopic (exact) mass is 493 g/mol. The quantitative estimate of drug-likeness (QED) is 0.180. The van der Waals surface area contributed by atoms with Gasteiger partial charge < -0.3 is 25.6 Å². The number of nitrogens with one attached hydrogen (secondary N) is 2. The number of para-hydroxylation sites is 1. The first kappa shape index (κ1) is 25.3. The lowest BCUT2D eigenvalue weighted by Crippen LogP contribution is -2.14. The van der Waals surface area contributed by atoms with E-state index in [1.807, 2.05) is 6.92 Å². The number of amides is 1. The van der Waals surface area contributed by atoms with Crippen LogP contribution in [-0.2, 0) is 4.79 Å². The van der Waals surface area contributed by atoms with Gasteiger partial charge in [-0.3, -0.25) is 10.2 Å². The van der Waals surface area contributed by atoms with Crippen molar-refractivity contribution in [1.29, 1.82) is 5.41 Å². The summed E-state index contributed by atoms with van der Waals surface area (Å²) in [7, 11) is 0. The molecule has 8 nitrogen and oxygen atoms in total. The zero-order valence-corrected chi connectivity index (χ0v) is 19.6. The first-order chi connectivity index (χ1) is 16.8. The molecule has 0 saturated carbocycles. The lowest BCUT2D eigenvalue weighted by molar-refractivity contribution is -0.139. The molecule has 3 aromatic rings. The number of rotatable bonds is 10. The van der Waals surface area contributed by atoms with Crippen molar-refractivity contribution in [3.63, 3.8) is 0 Å². The minimum absolute atomic E-state index is 0.0646. The smallest absolute Gasteiger partial charge is 0.341 e. The van der Waals surface area contributed by atoms with Crippen LogP contribution in [0, 0.1) is 5.41 Å². The average Bonchev–Trinajstić information content (AvgIpc) is 2.83. The number of carboxylic acids is 1. The fourth-order valence-electron chi connectivity index (χ4n) is 3.20. The van der Waals surface area contributed by atoms with Crippen molar-refractivity contribution < 1.29 is 24.2 Å². The van der Waals surface area contributed by atoms with E-state index in [4.69, 9.17) is 37.3 Å². The van der Waals surface area contributed by atoms with Gasteiger partial charge in [0.1, 0.15) is 5.84 Å². The summed E-state index contributed by atoms with van der Waals surface area (Å²) in [6.45, 7) is 1.67. The SMILES string of the molecule is CCOc1cccc(/C=C/c2ccc(Cl)cc2C(=O)Nc2ccc(C(=N)N)cc2)c1OCC(=O)O. The Morgan fingerprint density at radius 2 is 1.77 bits per heavy atom. The molecule has 0 atom stereocenters. The Balaban J connectivity index is 1.91. The highest BCUT2D eigenvalue weighted by Crippen LogP contribution is 2.33. The van der Waals surface area contributed by atoms with E-state index in [1.54, 1.807) is 72.8 Å². The van der Waals surface area contributed by atoms with Crippen molar-refractivity contribution in [2.45, 2.75) is 6.92 Å². The standard InChI is InChI=1S/C26H24ClN3O5/c1-2-34-22-5-3-4-17(24(22)35-15-23(31)32)7-6-16-8-11-19(27)14-21(16)26(33)30-20-12-9-18(10-13-20)25(28)29/h3-14H,2,15H2,1H3,(H3,28,29)(H,30,33)(H,31,32)/b7-6+. The lowest BCUT2D eigenvalue weighted by Gasteiger charge is -2.13. The number of halogens is 1. The number of nitrogens with two attached hydrogens (primary N) is 1. The predicted octanol–water partition coefficient (Wildman–Crippen LogP) is 4.91. The topological polar surface area (TPSA) is 135 Å². The highest BCUT2D eigenvalue weighted by atomic mass is 35.5. The summed E-state index contributed by atoms with van der Waals surface area (Å²) >= 11 is 6.15. The van der Waals surface area contributed by atoms with Crippen LogP contribution < -0.4 is 20.5 Å². The van der Waals surface area contributed by atoms with Gasteiger partial charge in [0.2, 0.25) is 0 Å². The van der Waals surface area contributed by atoms with Crippen molar-refractivity contribution >= 4 is 47.2 Å². The van der Waals surface area contributed by atoms with Crippen LogP contribution >= 0.6 is 11.6 Å². The van der Waals surface area contributed by atoms with Crippen molar-refractivity contribution in [3.8, 4) is 11.5 Å². The van der Waals surface area contributed by atoms with E-state index in [9.17, 15) is 9.59 Å². The molecule has 0 saturated heterocycles. The van der Waals surface area contributed by atoms with Crippen LogP contribution in [0.2, 0.25) is 5.02 Å². The number of ether oxygens (including phenoxy) is 2. The Hall–Kier alpha value is -4.30. The molecule has 0 aliphatic heterocycles. The molecule has 0 unspecified atom stereocenters. The molecule has 0 aliphatic carbocycles. The fraction of sp³-hybridized carbons (Fsp3) is 0.115. The average molecular weight is 494 g/mol. The number of carbonyl (C=O) groups excluding carboxylic acids is 1. The number of carbonyl (C=O) groups is 2. The van der Waals surface area contributed by atoms with Gasteiger partial charge in [-0.1, -0.05) is 42.0 Å². The van der Waals surface area contributed by atoms with Gasteiger partial charge in [0.15, 0.2) is 18.1 Å². The molecule has 0 aliphatic rings. The van der Waals surface area contributed by atoms with E-state index in [1.165, 1.54) is 0 Å². The molecular weight excluding hydrogens is 470 g/mol. The van der Waals surface area contributed by atoms with Gasteiger partial charge in [-0.2, -0.15) is 0 Å². The van der Waals surface area contributed by atoms with Crippen molar-refractivity contribution in [1.82, 2.24) is 0 Å². The number of hydrogen-bond donors (Lipinski definition) is 4. The second-order valence-electron chi connectivity index (χ2n) is 7.30. The summed E-state index contributed by atoms with van der Waals surface area (Å²) in [5, 5.41) is 19.7. The number of hydrogen-bond acceptors (Lipinski definition) is 5. The number of aliphatic carboxylic acids is 1. The first-order valence-corrected chi connectivity index (χ1v) is 11.0. The first-order valence-electron chi connectivity index (χ1n) is 10.6. The predicted molar refractivity (Wildman–Crippen MR) is 137 cm³/mol. The van der Waals surface area contributed by atoms with E-state index in [0.29, 0.717) is 51.1 Å². The second kappa shape index (κ2) is 11.7. The molecule has 0 spiro atoms. The van der Waals surface area contributed by atoms with E-state index >= 15 is 0 Å². The molecule has 0 radical (unpaired) electrons. The minimum Gasteiger partial charge on any atom is -0.490 e. The van der Waals surface area contributed by atoms with Crippen LogP contribution in [0.25, 0.3) is 12.2 Å². The molecule has 3 aromatic carbocycles. The maximum Gasteiger partial charge on any atom is 0.341 e. The van der Waals surface area contributed by atoms with Crippen LogP contribution in [0.5, 0.6) is 11.5 Å². The van der Waals surface area contributed by atoms with Crippen molar-refractivity contribution in [2.75, 3.05) is 18.5 Å². The van der Waals surface area contributed by atoms with Gasteiger partial charge in [0.25, 0.3) is 5.91 Å². The van der Waals surface area contributed by atoms with Gasteiger partial charge in [0.05, 0.1) is 6.61 Å². The molecule has 3 rings (SSSR count). The Morgan fingerprint density at radius 3 is 2.43 bits per heavy atom. The summed E-state index contributed by atoms with van der Waals surface area (Å²) in [6.07, 6.45) is 3.42. The van der Waals surface area contributed by atoms with Gasteiger partial charge in [-0.25, -0.2) is 4.79 Å². The Labute approximate surface area is 207 Å². The third-order valence-corrected chi connectivity index (χ3v) is 5.04. The van der Waals surface area contributed by atoms with Crippen LogP contribution in [0.1, 0.15) is 34.0 Å². The van der Waals surface area contributed by atoms with Crippen molar-refractivity contribution in [2.24, 2.45) is 5.73 Å². The maximum absolute atomic E-state index is 13.0. The number of anilines is 1. The molecule has 0 bridgehead atoms. The van der Waals surface area contributed by atoms with Gasteiger partial charge >= 0.3 is 5.97 Å². The Kier molecular flexibility index (Phi) is 8.48. The third-order valence-electron chi connectivity index (χ3n) is 4.81. The van der Waals surface area contributed by atoms with Crippen LogP contribution in [0.15, 0.2) is 60.7 Å². The summed E-state index contributed by atoms with van der Waals surface area (Å²) in [5.41, 5.74) is 8.04. The highest BCUT2D eigenvalue weighted by Gasteiger charge is 2.14. The van der Waals surface area contributed by atoms with Gasteiger partial charge in [-0.05, 0) is 55.0 Å².